The third-order valence-electron chi connectivity index (χ3n) is 3.60. The number of nitrogens with one attached hydrogen (secondary N) is 1. The zero-order valence-electron chi connectivity index (χ0n) is 13.4. The zero-order chi connectivity index (χ0) is 17.8. The van der Waals surface area contributed by atoms with Gasteiger partial charge in [0.15, 0.2) is 11.6 Å². The van der Waals surface area contributed by atoms with E-state index in [0.717, 1.165) is 17.7 Å². The largest absolute Gasteiger partial charge is 0.494 e. The Labute approximate surface area is 142 Å². The Kier molecular flexibility index (Phi) is 4.74. The Morgan fingerprint density at radius 3 is 2.76 bits per heavy atom. The first kappa shape index (κ1) is 16.6. The molecule has 0 atom stereocenters. The number of imidazole rings is 1. The highest BCUT2D eigenvalue weighted by Crippen LogP contribution is 2.27. The molecule has 0 unspecified atom stereocenters. The van der Waals surface area contributed by atoms with Gasteiger partial charge in [0.2, 0.25) is 0 Å². The maximum Gasteiger partial charge on any atom is 0.255 e. The summed E-state index contributed by atoms with van der Waals surface area (Å²) in [4.78, 5) is 16.4. The minimum atomic E-state index is -1.06. The van der Waals surface area contributed by atoms with E-state index in [0.29, 0.717) is 12.1 Å². The fraction of sp³-hybridized carbons (Fsp3) is 0.111. The number of aromatic nitrogens is 2. The van der Waals surface area contributed by atoms with E-state index in [1.54, 1.807) is 30.7 Å². The van der Waals surface area contributed by atoms with Crippen LogP contribution in [-0.4, -0.2) is 22.6 Å². The summed E-state index contributed by atoms with van der Waals surface area (Å²) in [7, 11) is 1.31. The second-order valence-corrected chi connectivity index (χ2v) is 5.36. The molecule has 3 aromatic rings. The second-order valence-electron chi connectivity index (χ2n) is 5.36. The van der Waals surface area contributed by atoms with Crippen molar-refractivity contribution in [3.63, 3.8) is 0 Å². The maximum atomic E-state index is 13.4. The van der Waals surface area contributed by atoms with Crippen LogP contribution >= 0.6 is 0 Å². The van der Waals surface area contributed by atoms with Gasteiger partial charge in [-0.3, -0.25) is 4.79 Å². The van der Waals surface area contributed by atoms with Gasteiger partial charge in [-0.25, -0.2) is 13.8 Å². The van der Waals surface area contributed by atoms with Gasteiger partial charge in [0.25, 0.3) is 5.91 Å². The first-order valence-electron chi connectivity index (χ1n) is 7.46. The highest BCUT2D eigenvalue weighted by molar-refractivity contribution is 6.05. The normalized spacial score (nSPS) is 10.5. The van der Waals surface area contributed by atoms with Gasteiger partial charge in [0.05, 0.1) is 19.1 Å². The van der Waals surface area contributed by atoms with Crippen molar-refractivity contribution < 1.29 is 18.3 Å². The smallest absolute Gasteiger partial charge is 0.255 e. The highest BCUT2D eigenvalue weighted by Gasteiger charge is 2.14. The third-order valence-corrected chi connectivity index (χ3v) is 3.60. The molecule has 2 aromatic carbocycles. The van der Waals surface area contributed by atoms with Crippen molar-refractivity contribution in [2.24, 2.45) is 0 Å². The van der Waals surface area contributed by atoms with Crippen LogP contribution in [0.3, 0.4) is 0 Å². The maximum absolute atomic E-state index is 13.4. The monoisotopic (exact) mass is 343 g/mol. The fourth-order valence-electron chi connectivity index (χ4n) is 2.39. The highest BCUT2D eigenvalue weighted by atomic mass is 19.2. The van der Waals surface area contributed by atoms with E-state index in [-0.39, 0.29) is 11.4 Å². The second kappa shape index (κ2) is 7.12. The van der Waals surface area contributed by atoms with E-state index in [1.807, 2.05) is 16.8 Å². The van der Waals surface area contributed by atoms with Crippen LogP contribution < -0.4 is 10.1 Å². The molecule has 5 nitrogen and oxygen atoms in total. The van der Waals surface area contributed by atoms with Crippen molar-refractivity contribution in [1.82, 2.24) is 9.55 Å². The predicted molar refractivity (Wildman–Crippen MR) is 88.6 cm³/mol. The Bertz CT molecular complexity index is 895. The number of carbonyl (C=O) groups excluding carboxylic acids is 1. The lowest BCUT2D eigenvalue weighted by Crippen LogP contribution is -2.13. The minimum Gasteiger partial charge on any atom is -0.494 e. The van der Waals surface area contributed by atoms with Crippen molar-refractivity contribution in [3.8, 4) is 5.75 Å². The molecule has 0 saturated heterocycles. The van der Waals surface area contributed by atoms with Crippen LogP contribution in [0.5, 0.6) is 5.75 Å². The topological polar surface area (TPSA) is 56.1 Å². The number of amides is 1. The van der Waals surface area contributed by atoms with Crippen molar-refractivity contribution in [2.75, 3.05) is 12.4 Å². The Morgan fingerprint density at radius 2 is 2.04 bits per heavy atom. The number of carbonyl (C=O) groups is 1. The molecular weight excluding hydrogens is 328 g/mol. The SMILES string of the molecule is COc1cc(F)c(F)cc1NC(=O)c1cccc(Cn2ccnc2)c1. The molecule has 7 heteroatoms. The van der Waals surface area contributed by atoms with Crippen molar-refractivity contribution in [2.45, 2.75) is 6.54 Å². The van der Waals surface area contributed by atoms with Crippen LogP contribution in [0.1, 0.15) is 15.9 Å². The molecule has 0 radical (unpaired) electrons. The number of methoxy groups -OCH3 is 1. The zero-order valence-corrected chi connectivity index (χ0v) is 13.4. The number of hydrogen-bond donors (Lipinski definition) is 1. The third kappa shape index (κ3) is 3.82. The van der Waals surface area contributed by atoms with Gasteiger partial charge < -0.3 is 14.6 Å². The van der Waals surface area contributed by atoms with Gasteiger partial charge in [-0.15, -0.1) is 0 Å². The lowest BCUT2D eigenvalue weighted by atomic mass is 10.1. The van der Waals surface area contributed by atoms with Crippen LogP contribution in [0.2, 0.25) is 0 Å². The quantitative estimate of drug-likeness (QED) is 0.772. The van der Waals surface area contributed by atoms with E-state index >= 15 is 0 Å². The fourth-order valence-corrected chi connectivity index (χ4v) is 2.39. The van der Waals surface area contributed by atoms with E-state index in [9.17, 15) is 13.6 Å². The van der Waals surface area contributed by atoms with Gasteiger partial charge in [0, 0.05) is 36.6 Å². The molecule has 1 N–H and O–H groups in total. The number of benzene rings is 2. The summed E-state index contributed by atoms with van der Waals surface area (Å²) in [6.07, 6.45) is 5.17. The average molecular weight is 343 g/mol. The summed E-state index contributed by atoms with van der Waals surface area (Å²) in [6, 6.07) is 8.78. The molecule has 0 saturated carbocycles. The van der Waals surface area contributed by atoms with Gasteiger partial charge in [-0.1, -0.05) is 12.1 Å². The predicted octanol–water partition coefficient (Wildman–Crippen LogP) is 3.47. The Hall–Kier alpha value is -3.22. The molecule has 0 aliphatic carbocycles. The van der Waals surface area contributed by atoms with Crippen LogP contribution in [0.4, 0.5) is 14.5 Å². The molecule has 0 aliphatic heterocycles. The molecule has 25 heavy (non-hydrogen) atoms. The summed E-state index contributed by atoms with van der Waals surface area (Å²) in [5.41, 5.74) is 1.36. The number of rotatable bonds is 5. The Balaban J connectivity index is 1.81. The summed E-state index contributed by atoms with van der Waals surface area (Å²) < 4.78 is 33.5. The number of ether oxygens (including phenoxy) is 1. The number of halogens is 2. The molecular formula is C18H15F2N3O2. The van der Waals surface area contributed by atoms with E-state index in [2.05, 4.69) is 10.3 Å². The number of hydrogen-bond acceptors (Lipinski definition) is 3. The minimum absolute atomic E-state index is 0.0434. The molecule has 1 aromatic heterocycles. The molecule has 0 fully saturated rings. The average Bonchev–Trinajstić information content (AvgIpc) is 3.11. The van der Waals surface area contributed by atoms with Crippen molar-refractivity contribution >= 4 is 11.6 Å². The van der Waals surface area contributed by atoms with Crippen LogP contribution in [-0.2, 0) is 6.54 Å². The molecule has 128 valence electrons. The summed E-state index contributed by atoms with van der Waals surface area (Å²) in [5.74, 6) is -2.51. The number of nitrogens with zero attached hydrogens (tertiary/aromatic N) is 2. The van der Waals surface area contributed by atoms with E-state index in [4.69, 9.17) is 4.74 Å². The van der Waals surface area contributed by atoms with Gasteiger partial charge in [-0.2, -0.15) is 0 Å². The van der Waals surface area contributed by atoms with E-state index < -0.39 is 17.5 Å². The number of anilines is 1. The first-order chi connectivity index (χ1) is 12.1. The molecule has 3 rings (SSSR count). The molecule has 0 bridgehead atoms. The van der Waals surface area contributed by atoms with Crippen molar-refractivity contribution in [1.29, 1.82) is 0 Å². The standard InChI is InChI=1S/C18H15F2N3O2/c1-25-17-9-15(20)14(19)8-16(17)22-18(24)13-4-2-3-12(7-13)10-23-6-5-21-11-23/h2-9,11H,10H2,1H3,(H,22,24). The van der Waals surface area contributed by atoms with Gasteiger partial charge in [0.1, 0.15) is 5.75 Å². The lowest BCUT2D eigenvalue weighted by Gasteiger charge is -2.11. The molecule has 1 heterocycles. The lowest BCUT2D eigenvalue weighted by molar-refractivity contribution is 0.102. The van der Waals surface area contributed by atoms with Crippen LogP contribution in [0.25, 0.3) is 0 Å². The summed E-state index contributed by atoms with van der Waals surface area (Å²) >= 11 is 0. The van der Waals surface area contributed by atoms with Crippen LogP contribution in [0, 0.1) is 11.6 Å². The van der Waals surface area contributed by atoms with Crippen LogP contribution in [0.15, 0.2) is 55.1 Å². The summed E-state index contributed by atoms with van der Waals surface area (Å²) in [5, 5.41) is 2.54. The van der Waals surface area contributed by atoms with Crippen molar-refractivity contribution in [3.05, 3.63) is 77.9 Å². The Morgan fingerprint density at radius 1 is 1.24 bits per heavy atom. The first-order valence-corrected chi connectivity index (χ1v) is 7.46. The van der Waals surface area contributed by atoms with Gasteiger partial charge >= 0.3 is 0 Å². The molecule has 0 aliphatic rings. The molecule has 0 spiro atoms. The van der Waals surface area contributed by atoms with Gasteiger partial charge in [-0.05, 0) is 17.7 Å². The van der Waals surface area contributed by atoms with E-state index in [1.165, 1.54) is 7.11 Å². The molecule has 1 amide bonds. The summed E-state index contributed by atoms with van der Waals surface area (Å²) in [6.45, 7) is 0.565.